The fourth-order valence-corrected chi connectivity index (χ4v) is 3.54. The van der Waals surface area contributed by atoms with Crippen molar-refractivity contribution in [1.82, 2.24) is 0 Å². The van der Waals surface area contributed by atoms with Crippen LogP contribution in [0.4, 0.5) is 5.69 Å². The van der Waals surface area contributed by atoms with E-state index in [1.54, 1.807) is 0 Å². The lowest BCUT2D eigenvalue weighted by atomic mass is 9.96. The van der Waals surface area contributed by atoms with Crippen molar-refractivity contribution in [1.29, 1.82) is 0 Å². The lowest BCUT2D eigenvalue weighted by Gasteiger charge is -2.15. The number of benzene rings is 4. The number of carboxylic acids is 1. The Morgan fingerprint density at radius 3 is 2.31 bits per heavy atom. The van der Waals surface area contributed by atoms with Gasteiger partial charge >= 0.3 is 5.97 Å². The number of hydrogen-bond donors (Lipinski definition) is 2. The number of carbonyl (C=O) groups is 1. The van der Waals surface area contributed by atoms with Crippen LogP contribution in [-0.4, -0.2) is 11.1 Å². The smallest absolute Gasteiger partial charge is 0.303 e. The average molecular weight is 381 g/mol. The molecule has 0 amide bonds. The molecule has 3 heteroatoms. The Morgan fingerprint density at radius 2 is 1.52 bits per heavy atom. The summed E-state index contributed by atoms with van der Waals surface area (Å²) in [4.78, 5) is 11.0. The van der Waals surface area contributed by atoms with Crippen LogP contribution in [-0.2, 0) is 17.8 Å². The second-order valence-corrected chi connectivity index (χ2v) is 7.17. The maximum atomic E-state index is 11.0. The van der Waals surface area contributed by atoms with E-state index < -0.39 is 5.97 Å². The molecule has 0 fully saturated rings. The zero-order valence-corrected chi connectivity index (χ0v) is 16.1. The molecule has 3 nitrogen and oxygen atoms in total. The molecule has 0 spiro atoms. The maximum absolute atomic E-state index is 11.0. The molecule has 0 bridgehead atoms. The Hall–Kier alpha value is -3.59. The molecule has 0 atom stereocenters. The van der Waals surface area contributed by atoms with Gasteiger partial charge in [0.1, 0.15) is 0 Å². The molecule has 0 saturated carbocycles. The SMILES string of the molecule is O=C(O)CCc1ccc(NCc2ccccc2)c(-c2ccc3ccccc3c2)c1. The van der Waals surface area contributed by atoms with Crippen molar-refractivity contribution in [3.8, 4) is 11.1 Å². The van der Waals surface area contributed by atoms with Crippen LogP contribution in [0.5, 0.6) is 0 Å². The molecule has 0 heterocycles. The van der Waals surface area contributed by atoms with Crippen molar-refractivity contribution in [2.75, 3.05) is 5.32 Å². The highest BCUT2D eigenvalue weighted by Crippen LogP contribution is 2.32. The number of hydrogen-bond acceptors (Lipinski definition) is 2. The van der Waals surface area contributed by atoms with E-state index in [1.807, 2.05) is 36.4 Å². The van der Waals surface area contributed by atoms with Gasteiger partial charge in [0, 0.05) is 24.2 Å². The van der Waals surface area contributed by atoms with Gasteiger partial charge in [0.2, 0.25) is 0 Å². The van der Waals surface area contributed by atoms with E-state index in [0.717, 1.165) is 28.9 Å². The summed E-state index contributed by atoms with van der Waals surface area (Å²) in [6.07, 6.45) is 0.656. The van der Waals surface area contributed by atoms with Gasteiger partial charge in [-0.05, 0) is 52.1 Å². The molecular formula is C26H23NO2. The van der Waals surface area contributed by atoms with E-state index in [0.29, 0.717) is 6.42 Å². The molecule has 0 aromatic heterocycles. The van der Waals surface area contributed by atoms with Gasteiger partial charge in [0.15, 0.2) is 0 Å². The Labute approximate surface area is 170 Å². The number of rotatable bonds is 7. The molecule has 4 aromatic carbocycles. The molecule has 0 unspecified atom stereocenters. The molecular weight excluding hydrogens is 358 g/mol. The van der Waals surface area contributed by atoms with Gasteiger partial charge in [-0.25, -0.2) is 0 Å². The molecule has 2 N–H and O–H groups in total. The lowest BCUT2D eigenvalue weighted by molar-refractivity contribution is -0.136. The molecule has 0 saturated heterocycles. The summed E-state index contributed by atoms with van der Waals surface area (Å²) in [5.41, 5.74) is 5.50. The summed E-state index contributed by atoms with van der Waals surface area (Å²) in [7, 11) is 0. The molecule has 144 valence electrons. The third-order valence-electron chi connectivity index (χ3n) is 5.10. The van der Waals surface area contributed by atoms with Crippen LogP contribution in [0.2, 0.25) is 0 Å². The molecule has 4 rings (SSSR count). The number of aryl methyl sites for hydroxylation is 1. The number of anilines is 1. The van der Waals surface area contributed by atoms with Crippen LogP contribution in [0.3, 0.4) is 0 Å². The normalized spacial score (nSPS) is 10.8. The first kappa shape index (κ1) is 18.8. The summed E-state index contributed by atoms with van der Waals surface area (Å²) in [5, 5.41) is 15.0. The molecule has 0 radical (unpaired) electrons. The van der Waals surface area contributed by atoms with E-state index in [4.69, 9.17) is 5.11 Å². The van der Waals surface area contributed by atoms with Gasteiger partial charge in [0.05, 0.1) is 0 Å². The van der Waals surface area contributed by atoms with E-state index >= 15 is 0 Å². The minimum Gasteiger partial charge on any atom is -0.481 e. The van der Waals surface area contributed by atoms with Crippen molar-refractivity contribution in [2.24, 2.45) is 0 Å². The van der Waals surface area contributed by atoms with Gasteiger partial charge in [-0.1, -0.05) is 72.8 Å². The van der Waals surface area contributed by atoms with Crippen LogP contribution >= 0.6 is 0 Å². The zero-order valence-electron chi connectivity index (χ0n) is 16.1. The van der Waals surface area contributed by atoms with Gasteiger partial charge in [-0.2, -0.15) is 0 Å². The summed E-state index contributed by atoms with van der Waals surface area (Å²) in [6.45, 7) is 0.732. The average Bonchev–Trinajstić information content (AvgIpc) is 2.77. The van der Waals surface area contributed by atoms with Crippen LogP contribution in [0.25, 0.3) is 21.9 Å². The number of nitrogens with one attached hydrogen (secondary N) is 1. The van der Waals surface area contributed by atoms with E-state index in [9.17, 15) is 4.79 Å². The van der Waals surface area contributed by atoms with Gasteiger partial charge < -0.3 is 10.4 Å². The summed E-state index contributed by atoms with van der Waals surface area (Å²) >= 11 is 0. The number of carboxylic acid groups (broad SMARTS) is 1. The summed E-state index contributed by atoms with van der Waals surface area (Å²) in [5.74, 6) is -0.775. The van der Waals surface area contributed by atoms with Gasteiger partial charge in [0.25, 0.3) is 0 Å². The second kappa shape index (κ2) is 8.61. The molecule has 0 aliphatic carbocycles. The highest BCUT2D eigenvalue weighted by molar-refractivity contribution is 5.90. The first-order chi connectivity index (χ1) is 14.2. The summed E-state index contributed by atoms with van der Waals surface area (Å²) in [6, 6.07) is 31.3. The third kappa shape index (κ3) is 4.64. The fourth-order valence-electron chi connectivity index (χ4n) is 3.54. The second-order valence-electron chi connectivity index (χ2n) is 7.17. The Bertz CT molecular complexity index is 1140. The van der Waals surface area contributed by atoms with E-state index in [1.165, 1.54) is 16.3 Å². The highest BCUT2D eigenvalue weighted by Gasteiger charge is 2.09. The van der Waals surface area contributed by atoms with Crippen LogP contribution < -0.4 is 5.32 Å². The van der Waals surface area contributed by atoms with Gasteiger partial charge in [-0.3, -0.25) is 4.79 Å². The van der Waals surface area contributed by atoms with Crippen molar-refractivity contribution in [3.05, 3.63) is 102 Å². The first-order valence-electron chi connectivity index (χ1n) is 9.81. The number of aliphatic carboxylic acids is 1. The van der Waals surface area contributed by atoms with Crippen molar-refractivity contribution in [2.45, 2.75) is 19.4 Å². The van der Waals surface area contributed by atoms with Crippen LogP contribution in [0.1, 0.15) is 17.5 Å². The Morgan fingerprint density at radius 1 is 0.759 bits per heavy atom. The van der Waals surface area contributed by atoms with Crippen molar-refractivity contribution < 1.29 is 9.90 Å². The summed E-state index contributed by atoms with van der Waals surface area (Å²) < 4.78 is 0. The highest BCUT2D eigenvalue weighted by atomic mass is 16.4. The van der Waals surface area contributed by atoms with E-state index in [-0.39, 0.29) is 6.42 Å². The topological polar surface area (TPSA) is 49.3 Å². The quantitative estimate of drug-likeness (QED) is 0.404. The molecule has 4 aromatic rings. The predicted octanol–water partition coefficient (Wildman–Crippen LogP) is 6.14. The molecule has 0 aliphatic heterocycles. The minimum absolute atomic E-state index is 0.133. The van der Waals surface area contributed by atoms with E-state index in [2.05, 4.69) is 59.9 Å². The minimum atomic E-state index is -0.775. The van der Waals surface area contributed by atoms with Crippen LogP contribution in [0, 0.1) is 0 Å². The lowest BCUT2D eigenvalue weighted by Crippen LogP contribution is -2.02. The largest absolute Gasteiger partial charge is 0.481 e. The molecule has 29 heavy (non-hydrogen) atoms. The van der Waals surface area contributed by atoms with Crippen molar-refractivity contribution in [3.63, 3.8) is 0 Å². The van der Waals surface area contributed by atoms with Crippen molar-refractivity contribution >= 4 is 22.4 Å². The predicted molar refractivity (Wildman–Crippen MR) is 119 cm³/mol. The molecule has 0 aliphatic rings. The fraction of sp³-hybridized carbons (Fsp3) is 0.115. The third-order valence-corrected chi connectivity index (χ3v) is 5.10. The number of fused-ring (bicyclic) bond motifs is 1. The zero-order chi connectivity index (χ0) is 20.1. The maximum Gasteiger partial charge on any atom is 0.303 e. The monoisotopic (exact) mass is 381 g/mol. The van der Waals surface area contributed by atoms with Crippen LogP contribution in [0.15, 0.2) is 91.0 Å². The van der Waals surface area contributed by atoms with Gasteiger partial charge in [-0.15, -0.1) is 0 Å². The Balaban J connectivity index is 1.70. The first-order valence-corrected chi connectivity index (χ1v) is 9.81. The Kier molecular flexibility index (Phi) is 5.57. The standard InChI is InChI=1S/C26H23NO2/c28-26(29)15-11-19-10-14-25(27-18-20-6-2-1-3-7-20)24(16-19)23-13-12-21-8-4-5-9-22(21)17-23/h1-10,12-14,16-17,27H,11,15,18H2,(H,28,29).